The normalized spacial score (nSPS) is 14.8. The van der Waals surface area contributed by atoms with Crippen molar-refractivity contribution in [1.82, 2.24) is 15.1 Å². The van der Waals surface area contributed by atoms with E-state index in [4.69, 9.17) is 5.73 Å². The molecule has 0 aromatic rings. The molecule has 20 heavy (non-hydrogen) atoms. The first-order valence-corrected chi connectivity index (χ1v) is 6.25. The molecule has 0 aliphatic carbocycles. The molecule has 8 heteroatoms. The van der Waals surface area contributed by atoms with Crippen molar-refractivity contribution < 1.29 is 9.59 Å². The molecule has 6 nitrogen and oxygen atoms in total. The Bertz CT molecular complexity index is 308. The highest BCUT2D eigenvalue weighted by Crippen LogP contribution is 2.03. The Kier molecular flexibility index (Phi) is 12.8. The van der Waals surface area contributed by atoms with E-state index >= 15 is 0 Å². The van der Waals surface area contributed by atoms with Gasteiger partial charge in [0.25, 0.3) is 0 Å². The third kappa shape index (κ3) is 7.69. The van der Waals surface area contributed by atoms with Gasteiger partial charge in [-0.2, -0.15) is 0 Å². The summed E-state index contributed by atoms with van der Waals surface area (Å²) in [5.41, 5.74) is 5.36. The van der Waals surface area contributed by atoms with E-state index in [1.165, 1.54) is 0 Å². The van der Waals surface area contributed by atoms with Crippen LogP contribution in [0, 0.1) is 0 Å². The number of carbonyl (C=O) groups is 2. The number of nitrogens with two attached hydrogens (primary N) is 1. The molecule has 0 aromatic heterocycles. The maximum Gasteiger partial charge on any atom is 0.234 e. The summed E-state index contributed by atoms with van der Waals surface area (Å²) in [6, 6.07) is 0. The number of hydrogen-bond donors (Lipinski definition) is 2. The molecule has 1 aliphatic rings. The number of rotatable bonds is 6. The summed E-state index contributed by atoms with van der Waals surface area (Å²) in [5.74, 6) is 0.102. The Balaban J connectivity index is 0. The third-order valence-corrected chi connectivity index (χ3v) is 2.89. The van der Waals surface area contributed by atoms with Gasteiger partial charge in [-0.15, -0.1) is 31.4 Å². The molecule has 2 amide bonds. The fourth-order valence-electron chi connectivity index (χ4n) is 1.88. The molecule has 0 unspecified atom stereocenters. The lowest BCUT2D eigenvalue weighted by Crippen LogP contribution is -2.51. The van der Waals surface area contributed by atoms with Crippen molar-refractivity contribution in [2.75, 3.05) is 45.8 Å². The van der Waals surface area contributed by atoms with Crippen LogP contribution in [-0.4, -0.2) is 67.4 Å². The van der Waals surface area contributed by atoms with Crippen molar-refractivity contribution in [1.29, 1.82) is 0 Å². The van der Waals surface area contributed by atoms with Gasteiger partial charge in [-0.3, -0.25) is 14.5 Å². The van der Waals surface area contributed by atoms with Crippen molar-refractivity contribution in [2.24, 2.45) is 5.73 Å². The zero-order valence-corrected chi connectivity index (χ0v) is 13.2. The van der Waals surface area contributed by atoms with Crippen LogP contribution in [0.15, 0.2) is 12.7 Å². The Morgan fingerprint density at radius 2 is 1.80 bits per heavy atom. The Labute approximate surface area is 132 Å². The zero-order valence-electron chi connectivity index (χ0n) is 11.5. The molecular weight excluding hydrogens is 303 g/mol. The molecule has 0 saturated carbocycles. The zero-order chi connectivity index (χ0) is 13.4. The maximum absolute atomic E-state index is 11.6. The molecule has 1 fully saturated rings. The second-order valence-electron chi connectivity index (χ2n) is 4.29. The monoisotopic (exact) mass is 326 g/mol. The molecule has 0 spiro atoms. The molecule has 118 valence electrons. The number of nitrogens with zero attached hydrogens (tertiary/aromatic N) is 2. The summed E-state index contributed by atoms with van der Waals surface area (Å²) in [6.07, 6.45) is 2.06. The molecule has 0 bridgehead atoms. The Morgan fingerprint density at radius 1 is 1.20 bits per heavy atom. The van der Waals surface area contributed by atoms with Gasteiger partial charge in [0.2, 0.25) is 11.8 Å². The van der Waals surface area contributed by atoms with Gasteiger partial charge in [-0.05, 0) is 0 Å². The molecule has 1 rings (SSSR count). The van der Waals surface area contributed by atoms with E-state index in [0.717, 1.165) is 13.1 Å². The molecular formula is C12H24Cl2N4O2. The van der Waals surface area contributed by atoms with E-state index in [-0.39, 0.29) is 36.6 Å². The van der Waals surface area contributed by atoms with Crippen LogP contribution in [0.5, 0.6) is 0 Å². The van der Waals surface area contributed by atoms with Crippen LogP contribution < -0.4 is 11.1 Å². The molecule has 0 radical (unpaired) electrons. The number of amides is 2. The van der Waals surface area contributed by atoms with Crippen LogP contribution >= 0.6 is 24.8 Å². The quantitative estimate of drug-likeness (QED) is 0.652. The summed E-state index contributed by atoms with van der Waals surface area (Å²) in [6.45, 7) is 7.63. The SMILES string of the molecule is C=CCNC(=O)CN1CCN(C(=O)CCN)CC1.Cl.Cl. The largest absolute Gasteiger partial charge is 0.352 e. The highest BCUT2D eigenvalue weighted by Gasteiger charge is 2.21. The second-order valence-corrected chi connectivity index (χ2v) is 4.29. The van der Waals surface area contributed by atoms with Crippen molar-refractivity contribution in [3.05, 3.63) is 12.7 Å². The summed E-state index contributed by atoms with van der Waals surface area (Å²) in [5, 5.41) is 2.74. The number of nitrogens with one attached hydrogen (secondary N) is 1. The van der Waals surface area contributed by atoms with Gasteiger partial charge in [-0.1, -0.05) is 6.08 Å². The van der Waals surface area contributed by atoms with Crippen LogP contribution in [0.3, 0.4) is 0 Å². The average Bonchev–Trinajstić information content (AvgIpc) is 2.37. The predicted octanol–water partition coefficient (Wildman–Crippen LogP) is -0.375. The minimum absolute atomic E-state index is 0. The lowest BCUT2D eigenvalue weighted by atomic mass is 10.2. The van der Waals surface area contributed by atoms with Crippen molar-refractivity contribution >= 4 is 36.6 Å². The van der Waals surface area contributed by atoms with Gasteiger partial charge in [0.15, 0.2) is 0 Å². The van der Waals surface area contributed by atoms with E-state index in [1.807, 2.05) is 9.80 Å². The molecule has 0 aromatic carbocycles. The van der Waals surface area contributed by atoms with Crippen LogP contribution in [0.25, 0.3) is 0 Å². The Morgan fingerprint density at radius 3 is 2.30 bits per heavy atom. The van der Waals surface area contributed by atoms with E-state index < -0.39 is 0 Å². The van der Waals surface area contributed by atoms with E-state index in [0.29, 0.717) is 39.1 Å². The standard InChI is InChI=1S/C12H22N4O2.2ClH/c1-2-5-14-11(17)10-15-6-8-16(9-7-15)12(18)3-4-13;;/h2H,1,3-10,13H2,(H,14,17);2*1H. The predicted molar refractivity (Wildman–Crippen MR) is 84.4 cm³/mol. The second kappa shape index (κ2) is 12.0. The van der Waals surface area contributed by atoms with Crippen molar-refractivity contribution in [3.8, 4) is 0 Å². The average molecular weight is 327 g/mol. The lowest BCUT2D eigenvalue weighted by Gasteiger charge is -2.34. The summed E-state index contributed by atoms with van der Waals surface area (Å²) >= 11 is 0. The molecule has 0 atom stereocenters. The van der Waals surface area contributed by atoms with Crippen molar-refractivity contribution in [2.45, 2.75) is 6.42 Å². The van der Waals surface area contributed by atoms with E-state index in [2.05, 4.69) is 11.9 Å². The van der Waals surface area contributed by atoms with Crippen molar-refractivity contribution in [3.63, 3.8) is 0 Å². The minimum atomic E-state index is -0.00312. The number of hydrogen-bond acceptors (Lipinski definition) is 4. The first kappa shape index (κ1) is 21.5. The van der Waals surface area contributed by atoms with Gasteiger partial charge in [0, 0.05) is 45.7 Å². The molecule has 1 aliphatic heterocycles. The highest BCUT2D eigenvalue weighted by molar-refractivity contribution is 5.85. The van der Waals surface area contributed by atoms with Crippen LogP contribution in [0.2, 0.25) is 0 Å². The highest BCUT2D eigenvalue weighted by atomic mass is 35.5. The lowest BCUT2D eigenvalue weighted by molar-refractivity contribution is -0.133. The maximum atomic E-state index is 11.6. The topological polar surface area (TPSA) is 78.7 Å². The number of piperazine rings is 1. The van der Waals surface area contributed by atoms with Crippen LogP contribution in [-0.2, 0) is 9.59 Å². The van der Waals surface area contributed by atoms with Gasteiger partial charge >= 0.3 is 0 Å². The first-order chi connectivity index (χ1) is 8.67. The summed E-state index contributed by atoms with van der Waals surface area (Å²) in [7, 11) is 0. The molecule has 1 heterocycles. The Hall–Kier alpha value is -0.820. The smallest absolute Gasteiger partial charge is 0.234 e. The van der Waals surface area contributed by atoms with Gasteiger partial charge in [0.05, 0.1) is 6.54 Å². The van der Waals surface area contributed by atoms with Crippen LogP contribution in [0.4, 0.5) is 0 Å². The summed E-state index contributed by atoms with van der Waals surface area (Å²) < 4.78 is 0. The molecule has 1 saturated heterocycles. The molecule has 3 N–H and O–H groups in total. The van der Waals surface area contributed by atoms with Crippen LogP contribution in [0.1, 0.15) is 6.42 Å². The van der Waals surface area contributed by atoms with E-state index in [1.54, 1.807) is 6.08 Å². The van der Waals surface area contributed by atoms with Gasteiger partial charge < -0.3 is 16.0 Å². The minimum Gasteiger partial charge on any atom is -0.352 e. The third-order valence-electron chi connectivity index (χ3n) is 2.89. The first-order valence-electron chi connectivity index (χ1n) is 6.25. The number of carbonyl (C=O) groups excluding carboxylic acids is 2. The summed E-state index contributed by atoms with van der Waals surface area (Å²) in [4.78, 5) is 27.0. The van der Waals surface area contributed by atoms with Gasteiger partial charge in [0.1, 0.15) is 0 Å². The number of halogens is 2. The fraction of sp³-hybridized carbons (Fsp3) is 0.667. The van der Waals surface area contributed by atoms with Gasteiger partial charge in [-0.25, -0.2) is 0 Å². The van der Waals surface area contributed by atoms with E-state index in [9.17, 15) is 9.59 Å². The fourth-order valence-corrected chi connectivity index (χ4v) is 1.88.